The number of hydrogen-bond donors (Lipinski definition) is 0. The van der Waals surface area contributed by atoms with Gasteiger partial charge in [-0.15, -0.1) is 0 Å². The highest BCUT2D eigenvalue weighted by Crippen LogP contribution is 2.33. The highest BCUT2D eigenvalue weighted by Gasteiger charge is 2.12. The van der Waals surface area contributed by atoms with Crippen molar-refractivity contribution in [1.82, 2.24) is 9.13 Å². The van der Waals surface area contributed by atoms with Crippen LogP contribution in [0.15, 0.2) is 182 Å². The predicted octanol–water partition coefficient (Wildman–Crippen LogP) is 11.8. The number of nitrogens with zero attached hydrogens (tertiary/aromatic N) is 2. The Labute approximate surface area is 267 Å². The second-order valence-electron chi connectivity index (χ2n) is 11.9. The quantitative estimate of drug-likeness (QED) is 0.194. The Hall–Kier alpha value is -6.12. The smallest absolute Gasteiger partial charge is 0.0540 e. The molecule has 0 saturated carbocycles. The number of aromatic nitrogens is 2. The standard InChI is InChI=1S/C44H30N2/c1-3-11-31(12-4-1)35-17-7-19-37(27-35)45-39-25-23-34-16-10-22-44(42(34)29-39)46(40-26-24-33-15-9-21-43(45)41(33)30-40)38-20-8-18-36(28-38)32-13-5-2-6-14-32/h1-30H. The number of fused-ring (bicyclic) bond motifs is 2. The summed E-state index contributed by atoms with van der Waals surface area (Å²) >= 11 is 0. The van der Waals surface area contributed by atoms with Crippen LogP contribution in [0.3, 0.4) is 0 Å². The van der Waals surface area contributed by atoms with Gasteiger partial charge in [-0.2, -0.15) is 0 Å². The van der Waals surface area contributed by atoms with Crippen molar-refractivity contribution < 1.29 is 0 Å². The lowest BCUT2D eigenvalue weighted by molar-refractivity contribution is 1.15. The summed E-state index contributed by atoms with van der Waals surface area (Å²) in [7, 11) is 0. The maximum absolute atomic E-state index is 2.42. The first-order chi connectivity index (χ1) is 22.8. The van der Waals surface area contributed by atoms with Crippen LogP contribution in [0.2, 0.25) is 0 Å². The zero-order valence-electron chi connectivity index (χ0n) is 25.2. The lowest BCUT2D eigenvalue weighted by Crippen LogP contribution is -2.02. The van der Waals surface area contributed by atoms with Gasteiger partial charge in [-0.05, 0) is 93.7 Å². The van der Waals surface area contributed by atoms with E-state index in [1.54, 1.807) is 0 Å². The van der Waals surface area contributed by atoms with Crippen molar-refractivity contribution in [2.75, 3.05) is 0 Å². The van der Waals surface area contributed by atoms with E-state index in [1.165, 1.54) is 43.8 Å². The average Bonchev–Trinajstić information content (AvgIpc) is 3.13. The maximum Gasteiger partial charge on any atom is 0.0540 e. The zero-order chi connectivity index (χ0) is 30.5. The van der Waals surface area contributed by atoms with Crippen LogP contribution in [0.25, 0.3) is 77.2 Å². The number of hydrogen-bond acceptors (Lipinski definition) is 0. The van der Waals surface area contributed by atoms with Crippen LogP contribution in [0.1, 0.15) is 0 Å². The fraction of sp³-hybridized carbons (Fsp3) is 0. The minimum absolute atomic E-state index is 1.13. The molecule has 0 saturated heterocycles. The van der Waals surface area contributed by atoms with E-state index in [0.717, 1.165) is 33.4 Å². The molecule has 46 heavy (non-hydrogen) atoms. The molecule has 9 rings (SSSR count). The molecule has 0 atom stereocenters. The van der Waals surface area contributed by atoms with E-state index < -0.39 is 0 Å². The molecule has 0 aliphatic heterocycles. The molecular formula is C44H30N2. The van der Waals surface area contributed by atoms with Gasteiger partial charge in [0, 0.05) is 33.2 Å². The van der Waals surface area contributed by atoms with Crippen molar-refractivity contribution in [3.8, 4) is 33.6 Å². The topological polar surface area (TPSA) is 9.86 Å². The Balaban J connectivity index is 1.42. The van der Waals surface area contributed by atoms with Crippen LogP contribution >= 0.6 is 0 Å². The van der Waals surface area contributed by atoms with E-state index in [9.17, 15) is 0 Å². The highest BCUT2D eigenvalue weighted by atomic mass is 15.0. The average molecular weight is 587 g/mol. The third-order valence-electron chi connectivity index (χ3n) is 9.11. The number of rotatable bonds is 4. The van der Waals surface area contributed by atoms with Crippen molar-refractivity contribution in [3.05, 3.63) is 182 Å². The molecule has 0 aliphatic carbocycles. The third kappa shape index (κ3) is 4.43. The summed E-state index contributed by atoms with van der Waals surface area (Å²) in [6.45, 7) is 0. The molecule has 0 fully saturated rings. The lowest BCUT2D eigenvalue weighted by atomic mass is 10.0. The van der Waals surface area contributed by atoms with Gasteiger partial charge in [-0.3, -0.25) is 0 Å². The lowest BCUT2D eigenvalue weighted by Gasteiger charge is -2.19. The van der Waals surface area contributed by atoms with Crippen LogP contribution in [-0.4, -0.2) is 9.13 Å². The molecule has 0 radical (unpaired) electrons. The molecule has 2 nitrogen and oxygen atoms in total. The first-order valence-corrected chi connectivity index (χ1v) is 15.8. The SMILES string of the molecule is c1ccc(-c2cccc(-n3c4ccc5cccc(c5c4)n(-c4cccc(-c5ccccc5)c4)c4ccc5cccc3c5c4)c2)cc1. The van der Waals surface area contributed by atoms with Gasteiger partial charge in [-0.25, -0.2) is 0 Å². The fourth-order valence-electron chi connectivity index (χ4n) is 6.92. The molecule has 0 spiro atoms. The van der Waals surface area contributed by atoms with Crippen molar-refractivity contribution >= 4 is 43.6 Å². The largest absolute Gasteiger partial charge is 0.310 e. The second kappa shape index (κ2) is 10.8. The Morgan fingerprint density at radius 1 is 0.283 bits per heavy atom. The monoisotopic (exact) mass is 586 g/mol. The van der Waals surface area contributed by atoms with Crippen LogP contribution in [0, 0.1) is 0 Å². The summed E-state index contributed by atoms with van der Waals surface area (Å²) in [4.78, 5) is 0. The molecule has 216 valence electrons. The van der Waals surface area contributed by atoms with Gasteiger partial charge in [0.2, 0.25) is 0 Å². The van der Waals surface area contributed by atoms with Crippen LogP contribution in [-0.2, 0) is 0 Å². The molecule has 1 heterocycles. The molecule has 0 N–H and O–H groups in total. The Bertz CT molecular complexity index is 2390. The fourth-order valence-corrected chi connectivity index (χ4v) is 6.92. The Morgan fingerprint density at radius 2 is 0.696 bits per heavy atom. The predicted molar refractivity (Wildman–Crippen MR) is 195 cm³/mol. The van der Waals surface area contributed by atoms with Gasteiger partial charge < -0.3 is 9.13 Å². The molecule has 0 unspecified atom stereocenters. The molecular weight excluding hydrogens is 556 g/mol. The Kier molecular flexibility index (Phi) is 6.17. The highest BCUT2D eigenvalue weighted by molar-refractivity contribution is 6.04. The maximum atomic E-state index is 2.42. The van der Waals surface area contributed by atoms with Crippen molar-refractivity contribution in [2.45, 2.75) is 0 Å². The summed E-state index contributed by atoms with van der Waals surface area (Å²) < 4.78 is 4.83. The van der Waals surface area contributed by atoms with Crippen LogP contribution in [0.4, 0.5) is 0 Å². The van der Waals surface area contributed by atoms with Crippen LogP contribution < -0.4 is 0 Å². The van der Waals surface area contributed by atoms with Gasteiger partial charge in [0.1, 0.15) is 0 Å². The second-order valence-corrected chi connectivity index (χ2v) is 11.9. The van der Waals surface area contributed by atoms with Gasteiger partial charge in [0.15, 0.2) is 0 Å². The van der Waals surface area contributed by atoms with E-state index in [0.29, 0.717) is 0 Å². The van der Waals surface area contributed by atoms with E-state index in [4.69, 9.17) is 0 Å². The molecule has 1 aromatic heterocycles. The molecule has 2 heteroatoms. The molecule has 8 aromatic carbocycles. The molecule has 0 amide bonds. The Morgan fingerprint density at radius 3 is 1.15 bits per heavy atom. The summed E-state index contributed by atoms with van der Waals surface area (Å²) in [6.07, 6.45) is 0. The first kappa shape index (κ1) is 26.3. The van der Waals surface area contributed by atoms with E-state index in [-0.39, 0.29) is 0 Å². The summed E-state index contributed by atoms with van der Waals surface area (Å²) in [6, 6.07) is 66.1. The van der Waals surface area contributed by atoms with Crippen molar-refractivity contribution in [3.63, 3.8) is 0 Å². The third-order valence-corrected chi connectivity index (χ3v) is 9.11. The minimum Gasteiger partial charge on any atom is -0.310 e. The van der Waals surface area contributed by atoms with E-state index in [1.807, 2.05) is 0 Å². The molecule has 4 bridgehead atoms. The normalized spacial score (nSPS) is 11.5. The molecule has 9 aromatic rings. The summed E-state index contributed by atoms with van der Waals surface area (Å²) in [5.41, 5.74) is 11.6. The number of benzene rings is 8. The van der Waals surface area contributed by atoms with Gasteiger partial charge in [0.05, 0.1) is 11.0 Å². The van der Waals surface area contributed by atoms with Crippen molar-refractivity contribution in [2.24, 2.45) is 0 Å². The zero-order valence-corrected chi connectivity index (χ0v) is 25.2. The molecule has 0 aliphatic rings. The van der Waals surface area contributed by atoms with Gasteiger partial charge >= 0.3 is 0 Å². The van der Waals surface area contributed by atoms with Gasteiger partial charge in [0.25, 0.3) is 0 Å². The first-order valence-electron chi connectivity index (χ1n) is 15.8. The summed E-state index contributed by atoms with van der Waals surface area (Å²) in [5.74, 6) is 0. The van der Waals surface area contributed by atoms with Gasteiger partial charge in [-0.1, -0.05) is 121 Å². The minimum atomic E-state index is 1.13. The van der Waals surface area contributed by atoms with Crippen LogP contribution in [0.5, 0.6) is 0 Å². The van der Waals surface area contributed by atoms with E-state index >= 15 is 0 Å². The van der Waals surface area contributed by atoms with E-state index in [2.05, 4.69) is 191 Å². The van der Waals surface area contributed by atoms with Crippen molar-refractivity contribution in [1.29, 1.82) is 0 Å². The summed E-state index contributed by atoms with van der Waals surface area (Å²) in [5, 5.41) is 4.82.